The van der Waals surface area contributed by atoms with Gasteiger partial charge in [0.05, 0.1) is 12.7 Å². The SMILES string of the molecule is COc1cc(C)cc(C)c1C#CC(C)(C)O. The number of hydrogen-bond acceptors (Lipinski definition) is 2. The molecule has 0 aliphatic carbocycles. The summed E-state index contributed by atoms with van der Waals surface area (Å²) in [6.07, 6.45) is 0. The quantitative estimate of drug-likeness (QED) is 0.734. The van der Waals surface area contributed by atoms with Crippen molar-refractivity contribution in [2.24, 2.45) is 0 Å². The lowest BCUT2D eigenvalue weighted by Crippen LogP contribution is -2.14. The zero-order valence-corrected chi connectivity index (χ0v) is 10.5. The third-order valence-corrected chi connectivity index (χ3v) is 2.16. The van der Waals surface area contributed by atoms with Crippen molar-refractivity contribution in [1.82, 2.24) is 0 Å². The Kier molecular flexibility index (Phi) is 3.62. The van der Waals surface area contributed by atoms with Crippen molar-refractivity contribution < 1.29 is 9.84 Å². The van der Waals surface area contributed by atoms with Crippen molar-refractivity contribution in [2.45, 2.75) is 33.3 Å². The van der Waals surface area contributed by atoms with Crippen LogP contribution in [0.15, 0.2) is 12.1 Å². The Morgan fingerprint density at radius 2 is 1.88 bits per heavy atom. The summed E-state index contributed by atoms with van der Waals surface area (Å²) >= 11 is 0. The number of hydrogen-bond donors (Lipinski definition) is 1. The minimum Gasteiger partial charge on any atom is -0.495 e. The molecule has 0 fully saturated rings. The van der Waals surface area contributed by atoms with Crippen LogP contribution in [0.5, 0.6) is 5.75 Å². The first-order valence-electron chi connectivity index (χ1n) is 5.24. The van der Waals surface area contributed by atoms with Crippen LogP contribution in [-0.4, -0.2) is 17.8 Å². The molecule has 0 amide bonds. The van der Waals surface area contributed by atoms with Gasteiger partial charge in [0, 0.05) is 0 Å². The van der Waals surface area contributed by atoms with Crippen molar-refractivity contribution in [3.05, 3.63) is 28.8 Å². The predicted molar refractivity (Wildman–Crippen MR) is 65.6 cm³/mol. The highest BCUT2D eigenvalue weighted by Crippen LogP contribution is 2.23. The fraction of sp³-hybridized carbons (Fsp3) is 0.429. The summed E-state index contributed by atoms with van der Waals surface area (Å²) < 4.78 is 5.29. The second-order valence-corrected chi connectivity index (χ2v) is 4.47. The van der Waals surface area contributed by atoms with Gasteiger partial charge in [-0.15, -0.1) is 0 Å². The van der Waals surface area contributed by atoms with E-state index in [2.05, 4.69) is 17.9 Å². The summed E-state index contributed by atoms with van der Waals surface area (Å²) in [5.74, 6) is 6.53. The third-order valence-electron chi connectivity index (χ3n) is 2.16. The summed E-state index contributed by atoms with van der Waals surface area (Å²) in [6.45, 7) is 7.33. The number of aryl methyl sites for hydroxylation is 2. The van der Waals surface area contributed by atoms with Gasteiger partial charge in [0.15, 0.2) is 0 Å². The van der Waals surface area contributed by atoms with E-state index in [4.69, 9.17) is 4.74 Å². The molecular formula is C14H18O2. The first kappa shape index (κ1) is 12.6. The van der Waals surface area contributed by atoms with E-state index in [1.165, 1.54) is 0 Å². The van der Waals surface area contributed by atoms with Gasteiger partial charge >= 0.3 is 0 Å². The monoisotopic (exact) mass is 218 g/mol. The molecule has 0 aliphatic rings. The highest BCUT2D eigenvalue weighted by Gasteiger charge is 2.09. The van der Waals surface area contributed by atoms with Crippen LogP contribution >= 0.6 is 0 Å². The van der Waals surface area contributed by atoms with Crippen LogP contribution in [-0.2, 0) is 0 Å². The van der Waals surface area contributed by atoms with E-state index >= 15 is 0 Å². The number of aliphatic hydroxyl groups is 1. The molecule has 0 saturated heterocycles. The lowest BCUT2D eigenvalue weighted by molar-refractivity contribution is 0.143. The summed E-state index contributed by atoms with van der Waals surface area (Å²) in [7, 11) is 1.63. The molecule has 16 heavy (non-hydrogen) atoms. The van der Waals surface area contributed by atoms with E-state index in [0.717, 1.165) is 22.4 Å². The van der Waals surface area contributed by atoms with Gasteiger partial charge in [-0.05, 0) is 44.9 Å². The Hall–Kier alpha value is -1.46. The van der Waals surface area contributed by atoms with Gasteiger partial charge < -0.3 is 9.84 Å². The van der Waals surface area contributed by atoms with Crippen LogP contribution in [0.3, 0.4) is 0 Å². The maximum Gasteiger partial charge on any atom is 0.135 e. The summed E-state index contributed by atoms with van der Waals surface area (Å²) in [5, 5.41) is 9.57. The van der Waals surface area contributed by atoms with Gasteiger partial charge in [0.1, 0.15) is 11.4 Å². The topological polar surface area (TPSA) is 29.5 Å². The lowest BCUT2D eigenvalue weighted by atomic mass is 10.0. The molecule has 0 heterocycles. The van der Waals surface area contributed by atoms with Crippen LogP contribution in [0.2, 0.25) is 0 Å². The number of methoxy groups -OCH3 is 1. The predicted octanol–water partition coefficient (Wildman–Crippen LogP) is 2.43. The maximum absolute atomic E-state index is 9.57. The minimum atomic E-state index is -0.984. The van der Waals surface area contributed by atoms with Crippen LogP contribution in [0.1, 0.15) is 30.5 Å². The number of benzene rings is 1. The normalized spacial score (nSPS) is 10.6. The second kappa shape index (κ2) is 4.59. The van der Waals surface area contributed by atoms with Gasteiger partial charge in [-0.3, -0.25) is 0 Å². The molecule has 0 saturated carbocycles. The molecule has 0 unspecified atom stereocenters. The highest BCUT2D eigenvalue weighted by molar-refractivity contribution is 5.53. The van der Waals surface area contributed by atoms with Crippen molar-refractivity contribution in [3.63, 3.8) is 0 Å². The molecule has 2 nitrogen and oxygen atoms in total. The van der Waals surface area contributed by atoms with Gasteiger partial charge in [-0.2, -0.15) is 0 Å². The van der Waals surface area contributed by atoms with Crippen molar-refractivity contribution >= 4 is 0 Å². The van der Waals surface area contributed by atoms with Crippen molar-refractivity contribution in [3.8, 4) is 17.6 Å². The first-order chi connectivity index (χ1) is 7.33. The molecule has 86 valence electrons. The van der Waals surface area contributed by atoms with Gasteiger partial charge in [-0.25, -0.2) is 0 Å². The Morgan fingerprint density at radius 1 is 1.25 bits per heavy atom. The van der Waals surface area contributed by atoms with E-state index < -0.39 is 5.60 Å². The number of ether oxygens (including phenoxy) is 1. The first-order valence-corrected chi connectivity index (χ1v) is 5.24. The van der Waals surface area contributed by atoms with Crippen molar-refractivity contribution in [2.75, 3.05) is 7.11 Å². The Bertz CT molecular complexity index is 442. The molecule has 0 aliphatic heterocycles. The van der Waals surface area contributed by atoms with Crippen LogP contribution in [0.25, 0.3) is 0 Å². The fourth-order valence-corrected chi connectivity index (χ4v) is 1.47. The van der Waals surface area contributed by atoms with Crippen LogP contribution in [0, 0.1) is 25.7 Å². The smallest absolute Gasteiger partial charge is 0.135 e. The lowest BCUT2D eigenvalue weighted by Gasteiger charge is -2.10. The standard InChI is InChI=1S/C14H18O2/c1-10-8-11(2)12(13(9-10)16-5)6-7-14(3,4)15/h8-9,15H,1-5H3. The van der Waals surface area contributed by atoms with E-state index in [1.807, 2.05) is 19.9 Å². The largest absolute Gasteiger partial charge is 0.495 e. The maximum atomic E-state index is 9.57. The van der Waals surface area contributed by atoms with E-state index in [0.29, 0.717) is 0 Å². The zero-order valence-electron chi connectivity index (χ0n) is 10.5. The highest BCUT2D eigenvalue weighted by atomic mass is 16.5. The minimum absolute atomic E-state index is 0.759. The molecule has 1 N–H and O–H groups in total. The van der Waals surface area contributed by atoms with Gasteiger partial charge in [-0.1, -0.05) is 17.9 Å². The molecule has 1 aromatic rings. The number of rotatable bonds is 1. The molecule has 0 atom stereocenters. The van der Waals surface area contributed by atoms with E-state index in [1.54, 1.807) is 21.0 Å². The molecular weight excluding hydrogens is 200 g/mol. The molecule has 1 rings (SSSR count). The van der Waals surface area contributed by atoms with Crippen LogP contribution in [0.4, 0.5) is 0 Å². The third kappa shape index (κ3) is 3.29. The summed E-state index contributed by atoms with van der Waals surface area (Å²) in [4.78, 5) is 0. The molecule has 2 heteroatoms. The average Bonchev–Trinajstić information content (AvgIpc) is 2.13. The molecule has 0 spiro atoms. The second-order valence-electron chi connectivity index (χ2n) is 4.47. The Morgan fingerprint density at radius 3 is 2.38 bits per heavy atom. The fourth-order valence-electron chi connectivity index (χ4n) is 1.47. The molecule has 0 bridgehead atoms. The molecule has 0 aromatic heterocycles. The summed E-state index contributed by atoms with van der Waals surface area (Å²) in [5.41, 5.74) is 2.06. The zero-order chi connectivity index (χ0) is 12.3. The van der Waals surface area contributed by atoms with Crippen LogP contribution < -0.4 is 4.74 Å². The Balaban J connectivity index is 3.26. The molecule has 1 aromatic carbocycles. The Labute approximate surface area is 97.3 Å². The van der Waals surface area contributed by atoms with Gasteiger partial charge in [0.2, 0.25) is 0 Å². The van der Waals surface area contributed by atoms with E-state index in [-0.39, 0.29) is 0 Å². The van der Waals surface area contributed by atoms with Gasteiger partial charge in [0.25, 0.3) is 0 Å². The van der Waals surface area contributed by atoms with E-state index in [9.17, 15) is 5.11 Å². The van der Waals surface area contributed by atoms with Crippen molar-refractivity contribution in [1.29, 1.82) is 0 Å². The average molecular weight is 218 g/mol. The summed E-state index contributed by atoms with van der Waals surface area (Å²) in [6, 6.07) is 4.00. The molecule has 0 radical (unpaired) electrons.